The molecule has 0 rings (SSSR count). The largest absolute Gasteiger partial charge is 0.481 e. The summed E-state index contributed by atoms with van der Waals surface area (Å²) in [4.78, 5) is 59.5. The summed E-state index contributed by atoms with van der Waals surface area (Å²) in [5.41, 5.74) is 11.0. The molecule has 0 aromatic rings. The van der Waals surface area contributed by atoms with Gasteiger partial charge in [0.25, 0.3) is 0 Å². The molecule has 0 fully saturated rings. The lowest BCUT2D eigenvalue weighted by Crippen LogP contribution is -2.57. The number of carbonyl (C=O) groups is 5. The van der Waals surface area contributed by atoms with Gasteiger partial charge in [-0.1, -0.05) is 0 Å². The summed E-state index contributed by atoms with van der Waals surface area (Å²) in [5.74, 6) is -4.34. The van der Waals surface area contributed by atoms with Gasteiger partial charge in [0, 0.05) is 5.75 Å². The van der Waals surface area contributed by atoms with Crippen molar-refractivity contribution >= 4 is 54.1 Å². The first kappa shape index (κ1) is 30.0. The molecule has 0 saturated carbocycles. The van der Waals surface area contributed by atoms with Crippen LogP contribution in [0.15, 0.2) is 0 Å². The molecule has 14 heteroatoms. The van der Waals surface area contributed by atoms with Crippen LogP contribution in [0.3, 0.4) is 0 Å². The Balaban J connectivity index is 5.24. The molecule has 32 heavy (non-hydrogen) atoms. The van der Waals surface area contributed by atoms with Gasteiger partial charge in [0.2, 0.25) is 17.7 Å². The summed E-state index contributed by atoms with van der Waals surface area (Å²) in [5, 5.41) is 25.3. The minimum absolute atomic E-state index is 0.139. The first-order valence-corrected chi connectivity index (χ1v) is 12.0. The Labute approximate surface area is 196 Å². The molecular weight excluding hydrogens is 462 g/mol. The minimum Gasteiger partial charge on any atom is -0.481 e. The number of nitrogens with one attached hydrogen (secondary N) is 3. The zero-order chi connectivity index (χ0) is 24.7. The Hall–Kier alpha value is -2.03. The third-order valence-corrected chi connectivity index (χ3v) is 5.36. The Morgan fingerprint density at radius 1 is 0.906 bits per heavy atom. The molecule has 184 valence electrons. The van der Waals surface area contributed by atoms with Crippen molar-refractivity contribution in [3.05, 3.63) is 0 Å². The SMILES string of the molecule is CSCCC(NC(=O)C(CCCCN)NC(=O)C(CS)NC(=O)C(N)CC(=O)O)C(=O)O. The van der Waals surface area contributed by atoms with Crippen molar-refractivity contribution in [2.45, 2.75) is 56.3 Å². The Kier molecular flexibility index (Phi) is 15.5. The number of thiol groups is 1. The molecule has 12 nitrogen and oxygen atoms in total. The fraction of sp³-hybridized carbons (Fsp3) is 0.722. The Bertz CT molecular complexity index is 653. The molecule has 0 aliphatic rings. The maximum absolute atomic E-state index is 12.7. The average Bonchev–Trinajstić information content (AvgIpc) is 2.72. The van der Waals surface area contributed by atoms with E-state index in [0.717, 1.165) is 0 Å². The lowest BCUT2D eigenvalue weighted by Gasteiger charge is -2.24. The minimum atomic E-state index is -1.36. The summed E-state index contributed by atoms with van der Waals surface area (Å²) >= 11 is 5.45. The molecule has 4 unspecified atom stereocenters. The molecule has 3 amide bonds. The molecule has 0 radical (unpaired) electrons. The fourth-order valence-electron chi connectivity index (χ4n) is 2.55. The van der Waals surface area contributed by atoms with E-state index in [9.17, 15) is 29.1 Å². The second-order valence-corrected chi connectivity index (χ2v) is 8.33. The van der Waals surface area contributed by atoms with Crippen molar-refractivity contribution in [2.75, 3.05) is 24.3 Å². The highest BCUT2D eigenvalue weighted by Crippen LogP contribution is 2.06. The number of unbranched alkanes of at least 4 members (excludes halogenated alkanes) is 1. The van der Waals surface area contributed by atoms with Gasteiger partial charge in [0.05, 0.1) is 12.5 Å². The molecule has 0 aromatic heterocycles. The number of carbonyl (C=O) groups excluding carboxylic acids is 3. The van der Waals surface area contributed by atoms with Crippen LogP contribution < -0.4 is 27.4 Å². The lowest BCUT2D eigenvalue weighted by atomic mass is 10.1. The van der Waals surface area contributed by atoms with E-state index in [1.165, 1.54) is 11.8 Å². The number of hydrogen-bond donors (Lipinski definition) is 8. The van der Waals surface area contributed by atoms with Crippen LogP contribution in [0.25, 0.3) is 0 Å². The predicted octanol–water partition coefficient (Wildman–Crippen LogP) is -1.86. The van der Waals surface area contributed by atoms with E-state index in [2.05, 4.69) is 28.6 Å². The highest BCUT2D eigenvalue weighted by molar-refractivity contribution is 7.98. The number of carboxylic acids is 2. The van der Waals surface area contributed by atoms with E-state index in [4.69, 9.17) is 16.6 Å². The van der Waals surface area contributed by atoms with Gasteiger partial charge in [-0.25, -0.2) is 4.79 Å². The van der Waals surface area contributed by atoms with E-state index in [-0.39, 0.29) is 18.6 Å². The van der Waals surface area contributed by atoms with Gasteiger partial charge in [-0.3, -0.25) is 19.2 Å². The second-order valence-electron chi connectivity index (χ2n) is 6.97. The van der Waals surface area contributed by atoms with Crippen LogP contribution in [0.5, 0.6) is 0 Å². The van der Waals surface area contributed by atoms with Crippen molar-refractivity contribution in [3.63, 3.8) is 0 Å². The van der Waals surface area contributed by atoms with Crippen LogP contribution in [-0.4, -0.2) is 88.3 Å². The molecule has 0 saturated heterocycles. The molecule has 0 aromatic carbocycles. The first-order valence-electron chi connectivity index (χ1n) is 9.98. The zero-order valence-electron chi connectivity index (χ0n) is 17.9. The topological polar surface area (TPSA) is 214 Å². The normalized spacial score (nSPS) is 14.5. The Morgan fingerprint density at radius 3 is 1.97 bits per heavy atom. The van der Waals surface area contributed by atoms with Crippen LogP contribution in [0.2, 0.25) is 0 Å². The summed E-state index contributed by atoms with van der Waals surface area (Å²) in [6.07, 6.45) is 2.69. The standard InChI is InChI=1S/C18H33N5O7S2/c1-32-7-5-12(18(29)30)22-16(27)11(4-2-3-6-19)21-17(28)13(9-31)23-15(26)10(20)8-14(24)25/h10-13,31H,2-9,19-20H2,1H3,(H,21,28)(H,22,27)(H,23,26)(H,24,25)(H,29,30). The number of hydrogen-bond acceptors (Lipinski definition) is 9. The van der Waals surface area contributed by atoms with Crippen LogP contribution in [-0.2, 0) is 24.0 Å². The third kappa shape index (κ3) is 12.1. The van der Waals surface area contributed by atoms with E-state index < -0.39 is 60.2 Å². The molecule has 0 aliphatic carbocycles. The van der Waals surface area contributed by atoms with Gasteiger partial charge in [-0.15, -0.1) is 0 Å². The maximum atomic E-state index is 12.7. The smallest absolute Gasteiger partial charge is 0.326 e. The summed E-state index contributed by atoms with van der Waals surface area (Å²) < 4.78 is 0. The fourth-order valence-corrected chi connectivity index (χ4v) is 3.28. The number of aliphatic carboxylic acids is 2. The Morgan fingerprint density at radius 2 is 1.47 bits per heavy atom. The highest BCUT2D eigenvalue weighted by Gasteiger charge is 2.29. The number of rotatable bonds is 17. The van der Waals surface area contributed by atoms with E-state index in [0.29, 0.717) is 25.1 Å². The molecule has 0 spiro atoms. The number of thioether (sulfide) groups is 1. The van der Waals surface area contributed by atoms with E-state index >= 15 is 0 Å². The predicted molar refractivity (Wildman–Crippen MR) is 123 cm³/mol. The monoisotopic (exact) mass is 495 g/mol. The molecule has 0 aliphatic heterocycles. The van der Waals surface area contributed by atoms with Crippen molar-refractivity contribution in [3.8, 4) is 0 Å². The van der Waals surface area contributed by atoms with Gasteiger partial charge < -0.3 is 37.6 Å². The van der Waals surface area contributed by atoms with Gasteiger partial charge >= 0.3 is 11.9 Å². The highest BCUT2D eigenvalue weighted by atomic mass is 32.2. The van der Waals surface area contributed by atoms with Crippen molar-refractivity contribution < 1.29 is 34.2 Å². The molecule has 4 atom stereocenters. The molecule has 0 bridgehead atoms. The third-order valence-electron chi connectivity index (χ3n) is 4.35. The van der Waals surface area contributed by atoms with Crippen LogP contribution in [0, 0.1) is 0 Å². The molecule has 0 heterocycles. The average molecular weight is 496 g/mol. The summed E-state index contributed by atoms with van der Waals surface area (Å²) in [6, 6.07) is -4.71. The zero-order valence-corrected chi connectivity index (χ0v) is 19.6. The van der Waals surface area contributed by atoms with Crippen LogP contribution in [0.4, 0.5) is 0 Å². The van der Waals surface area contributed by atoms with Gasteiger partial charge in [0.15, 0.2) is 0 Å². The summed E-state index contributed by atoms with van der Waals surface area (Å²) in [7, 11) is 0. The number of amides is 3. The molecule has 9 N–H and O–H groups in total. The quantitative estimate of drug-likeness (QED) is 0.0831. The van der Waals surface area contributed by atoms with E-state index in [1.807, 2.05) is 6.26 Å². The number of carboxylic acid groups (broad SMARTS) is 2. The first-order chi connectivity index (χ1) is 15.1. The van der Waals surface area contributed by atoms with Crippen molar-refractivity contribution in [2.24, 2.45) is 11.5 Å². The van der Waals surface area contributed by atoms with Crippen molar-refractivity contribution in [1.29, 1.82) is 0 Å². The number of nitrogens with two attached hydrogens (primary N) is 2. The van der Waals surface area contributed by atoms with Crippen LogP contribution in [0.1, 0.15) is 32.1 Å². The summed E-state index contributed by atoms with van der Waals surface area (Å²) in [6.45, 7) is 0.380. The van der Waals surface area contributed by atoms with Gasteiger partial charge in [-0.2, -0.15) is 24.4 Å². The van der Waals surface area contributed by atoms with Crippen LogP contribution >= 0.6 is 24.4 Å². The van der Waals surface area contributed by atoms with Gasteiger partial charge in [-0.05, 0) is 44.2 Å². The molecular formula is C18H33N5O7S2. The lowest BCUT2D eigenvalue weighted by molar-refractivity contribution is -0.142. The van der Waals surface area contributed by atoms with Gasteiger partial charge in [0.1, 0.15) is 18.1 Å². The second kappa shape index (κ2) is 16.6. The maximum Gasteiger partial charge on any atom is 0.326 e. The van der Waals surface area contributed by atoms with E-state index in [1.54, 1.807) is 0 Å². The van der Waals surface area contributed by atoms with Crippen molar-refractivity contribution in [1.82, 2.24) is 16.0 Å².